The Morgan fingerprint density at radius 3 is 2.52 bits per heavy atom. The molecule has 0 aliphatic heterocycles. The fraction of sp³-hybridized carbons (Fsp3) is 0.600. The van der Waals surface area contributed by atoms with Gasteiger partial charge in [0.2, 0.25) is 0 Å². The number of unbranched alkanes of at least 4 members (excludes halogenated alkanes) is 2. The van der Waals surface area contributed by atoms with Crippen molar-refractivity contribution in [3.8, 4) is 0 Å². The van der Waals surface area contributed by atoms with E-state index in [1.165, 1.54) is 0 Å². The highest BCUT2D eigenvalue weighted by molar-refractivity contribution is 5.96. The minimum Gasteiger partial charge on any atom is -0.466 e. The smallest absolute Gasteiger partial charge is 0.333 e. The molecule has 3 amide bonds. The van der Waals surface area contributed by atoms with Crippen LogP contribution in [0.1, 0.15) is 61.4 Å². The lowest BCUT2D eigenvalue weighted by atomic mass is 10.1. The number of aryl methyl sites for hydroxylation is 2. The van der Waals surface area contributed by atoms with E-state index in [1.807, 2.05) is 6.92 Å². The molecular weight excluding hydrogens is 270 g/mol. The Bertz CT molecular complexity index is 483. The number of urea groups is 1. The second-order valence-corrected chi connectivity index (χ2v) is 5.28. The molecule has 1 unspecified atom stereocenters. The Balaban J connectivity index is 2.32. The first-order chi connectivity index (χ1) is 9.93. The molecule has 0 aliphatic carbocycles. The number of carbonyl (C=O) groups excluding carboxylic acids is 2. The number of hydrogen-bond donors (Lipinski definition) is 3. The summed E-state index contributed by atoms with van der Waals surface area (Å²) in [6, 6.07) is 1.30. The molecule has 3 N–H and O–H groups in total. The Labute approximate surface area is 125 Å². The zero-order chi connectivity index (χ0) is 15.8. The van der Waals surface area contributed by atoms with Crippen LogP contribution in [-0.4, -0.2) is 18.0 Å². The van der Waals surface area contributed by atoms with Gasteiger partial charge in [-0.2, -0.15) is 0 Å². The minimum absolute atomic E-state index is 0.0753. The molecule has 1 heterocycles. The van der Waals surface area contributed by atoms with Crippen molar-refractivity contribution in [1.82, 2.24) is 16.2 Å². The van der Waals surface area contributed by atoms with E-state index in [0.717, 1.165) is 25.7 Å². The molecule has 0 saturated heterocycles. The van der Waals surface area contributed by atoms with Crippen molar-refractivity contribution in [3.05, 3.63) is 23.2 Å². The fourth-order valence-electron chi connectivity index (χ4n) is 2.07. The lowest BCUT2D eigenvalue weighted by Gasteiger charge is -2.14. The minimum atomic E-state index is -0.412. The zero-order valence-electron chi connectivity index (χ0n) is 13.2. The standard InChI is InChI=1S/C15H25N3O3/c1-5-6-7-8-10(2)16-15(20)18-17-14(19)13-9-11(3)21-12(13)4/h9-10H,5-8H2,1-4H3,(H,17,19)(H2,16,18,20). The number of carbonyl (C=O) groups is 2. The molecule has 1 aromatic heterocycles. The van der Waals surface area contributed by atoms with Gasteiger partial charge in [-0.05, 0) is 33.3 Å². The van der Waals surface area contributed by atoms with Crippen LogP contribution < -0.4 is 16.2 Å². The van der Waals surface area contributed by atoms with E-state index in [-0.39, 0.29) is 6.04 Å². The fourth-order valence-corrected chi connectivity index (χ4v) is 2.07. The largest absolute Gasteiger partial charge is 0.466 e. The normalized spacial score (nSPS) is 11.8. The quantitative estimate of drug-likeness (QED) is 0.557. The number of amides is 3. The predicted molar refractivity (Wildman–Crippen MR) is 80.9 cm³/mol. The molecule has 0 aliphatic rings. The van der Waals surface area contributed by atoms with Crippen LogP contribution in [0.25, 0.3) is 0 Å². The lowest BCUT2D eigenvalue weighted by Crippen LogP contribution is -2.49. The number of nitrogens with one attached hydrogen (secondary N) is 3. The maximum Gasteiger partial charge on any atom is 0.333 e. The number of furan rings is 1. The third kappa shape index (κ3) is 5.89. The molecule has 21 heavy (non-hydrogen) atoms. The highest BCUT2D eigenvalue weighted by Crippen LogP contribution is 2.12. The van der Waals surface area contributed by atoms with Crippen molar-refractivity contribution in [2.24, 2.45) is 0 Å². The topological polar surface area (TPSA) is 83.4 Å². The van der Waals surface area contributed by atoms with Crippen LogP contribution in [0.5, 0.6) is 0 Å². The van der Waals surface area contributed by atoms with E-state index in [9.17, 15) is 9.59 Å². The molecule has 0 radical (unpaired) electrons. The van der Waals surface area contributed by atoms with Gasteiger partial charge in [0.15, 0.2) is 0 Å². The number of hydrazine groups is 1. The van der Waals surface area contributed by atoms with Crippen LogP contribution in [0, 0.1) is 13.8 Å². The molecule has 1 aromatic rings. The SMILES string of the molecule is CCCCCC(C)NC(=O)NNC(=O)c1cc(C)oc1C. The van der Waals surface area contributed by atoms with Gasteiger partial charge < -0.3 is 9.73 Å². The molecule has 6 nitrogen and oxygen atoms in total. The van der Waals surface area contributed by atoms with Crippen molar-refractivity contribution in [1.29, 1.82) is 0 Å². The summed E-state index contributed by atoms with van der Waals surface area (Å²) < 4.78 is 5.27. The van der Waals surface area contributed by atoms with Crippen molar-refractivity contribution < 1.29 is 14.0 Å². The summed E-state index contributed by atoms with van der Waals surface area (Å²) in [7, 11) is 0. The monoisotopic (exact) mass is 295 g/mol. The maximum atomic E-state index is 11.9. The summed E-state index contributed by atoms with van der Waals surface area (Å²) in [6.45, 7) is 7.56. The second kappa shape index (κ2) is 8.34. The van der Waals surface area contributed by atoms with Crippen molar-refractivity contribution >= 4 is 11.9 Å². The number of hydrogen-bond acceptors (Lipinski definition) is 3. The molecule has 0 saturated carbocycles. The molecule has 6 heteroatoms. The van der Waals surface area contributed by atoms with Crippen molar-refractivity contribution in [2.75, 3.05) is 0 Å². The average Bonchev–Trinajstić information content (AvgIpc) is 2.75. The van der Waals surface area contributed by atoms with Gasteiger partial charge in [0, 0.05) is 6.04 Å². The van der Waals surface area contributed by atoms with Gasteiger partial charge in [0.05, 0.1) is 5.56 Å². The highest BCUT2D eigenvalue weighted by atomic mass is 16.3. The van der Waals surface area contributed by atoms with Gasteiger partial charge in [0.25, 0.3) is 5.91 Å². The van der Waals surface area contributed by atoms with Gasteiger partial charge in [-0.1, -0.05) is 26.2 Å². The molecule has 118 valence electrons. The lowest BCUT2D eigenvalue weighted by molar-refractivity contribution is 0.0934. The third-order valence-electron chi connectivity index (χ3n) is 3.19. The van der Waals surface area contributed by atoms with E-state index in [2.05, 4.69) is 23.1 Å². The summed E-state index contributed by atoms with van der Waals surface area (Å²) >= 11 is 0. The number of rotatable bonds is 6. The van der Waals surface area contributed by atoms with E-state index < -0.39 is 11.9 Å². The predicted octanol–water partition coefficient (Wildman–Crippen LogP) is 2.81. The molecule has 0 bridgehead atoms. The van der Waals surface area contributed by atoms with Crippen LogP contribution in [0.3, 0.4) is 0 Å². The van der Waals surface area contributed by atoms with Gasteiger partial charge in [0.1, 0.15) is 11.5 Å². The highest BCUT2D eigenvalue weighted by Gasteiger charge is 2.14. The van der Waals surface area contributed by atoms with Gasteiger partial charge >= 0.3 is 6.03 Å². The first-order valence-electron chi connectivity index (χ1n) is 7.38. The van der Waals surface area contributed by atoms with Gasteiger partial charge in [-0.3, -0.25) is 10.2 Å². The van der Waals surface area contributed by atoms with Crippen molar-refractivity contribution in [2.45, 2.75) is 59.4 Å². The third-order valence-corrected chi connectivity index (χ3v) is 3.19. The Hall–Kier alpha value is -1.98. The van der Waals surface area contributed by atoms with E-state index in [4.69, 9.17) is 4.42 Å². The molecule has 0 spiro atoms. The second-order valence-electron chi connectivity index (χ2n) is 5.28. The van der Waals surface area contributed by atoms with Crippen LogP contribution in [-0.2, 0) is 0 Å². The van der Waals surface area contributed by atoms with Crippen LogP contribution in [0.2, 0.25) is 0 Å². The molecule has 0 fully saturated rings. The Morgan fingerprint density at radius 2 is 1.95 bits per heavy atom. The Morgan fingerprint density at radius 1 is 1.24 bits per heavy atom. The molecule has 1 atom stereocenters. The van der Waals surface area contributed by atoms with Gasteiger partial charge in [-0.15, -0.1) is 0 Å². The van der Waals surface area contributed by atoms with E-state index in [0.29, 0.717) is 17.1 Å². The first-order valence-corrected chi connectivity index (χ1v) is 7.38. The van der Waals surface area contributed by atoms with E-state index >= 15 is 0 Å². The van der Waals surface area contributed by atoms with Crippen molar-refractivity contribution in [3.63, 3.8) is 0 Å². The molecule has 1 rings (SSSR count). The summed E-state index contributed by atoms with van der Waals surface area (Å²) in [4.78, 5) is 23.5. The molecular formula is C15H25N3O3. The van der Waals surface area contributed by atoms with Crippen LogP contribution in [0.15, 0.2) is 10.5 Å². The van der Waals surface area contributed by atoms with E-state index in [1.54, 1.807) is 19.9 Å². The average molecular weight is 295 g/mol. The summed E-state index contributed by atoms with van der Waals surface area (Å²) in [5.74, 6) is 0.796. The maximum absolute atomic E-state index is 11.9. The first kappa shape index (κ1) is 17.1. The molecule has 0 aromatic carbocycles. The summed E-state index contributed by atoms with van der Waals surface area (Å²) in [5, 5.41) is 2.78. The van der Waals surface area contributed by atoms with Crippen LogP contribution >= 0.6 is 0 Å². The Kier molecular flexibility index (Phi) is 6.78. The zero-order valence-corrected chi connectivity index (χ0v) is 13.2. The summed E-state index contributed by atoms with van der Waals surface area (Å²) in [5.41, 5.74) is 5.13. The summed E-state index contributed by atoms with van der Waals surface area (Å²) in [6.07, 6.45) is 4.31. The van der Waals surface area contributed by atoms with Gasteiger partial charge in [-0.25, -0.2) is 10.2 Å². The van der Waals surface area contributed by atoms with Crippen LogP contribution in [0.4, 0.5) is 4.79 Å².